The molecule has 0 radical (unpaired) electrons. The Morgan fingerprint density at radius 1 is 1.25 bits per heavy atom. The number of hydrogen-bond donors (Lipinski definition) is 1. The standard InChI is InChI=1S/C22H25ClN2O6S/c1-15(21(26)25(2)17-7-4-3-5-8-17)31-22(27)16-10-11-19(23)20(13-16)32(28,29)24-14-18-9-6-12-30-18/h3-5,7-8,10-11,13,15,18,24H,6,9,12,14H2,1-2H3/t15-,18+/m0/s1. The van der Waals surface area contributed by atoms with Crippen LogP contribution >= 0.6 is 11.6 Å². The number of amides is 1. The fraction of sp³-hybridized carbons (Fsp3) is 0.364. The highest BCUT2D eigenvalue weighted by Gasteiger charge is 2.26. The average molecular weight is 481 g/mol. The number of nitrogens with one attached hydrogen (secondary N) is 1. The minimum absolute atomic E-state index is 0.0330. The zero-order valence-electron chi connectivity index (χ0n) is 17.8. The zero-order valence-corrected chi connectivity index (χ0v) is 19.4. The van der Waals surface area contributed by atoms with Gasteiger partial charge in [-0.2, -0.15) is 0 Å². The van der Waals surface area contributed by atoms with Crippen LogP contribution in [-0.2, 0) is 24.3 Å². The van der Waals surface area contributed by atoms with Crippen molar-refractivity contribution in [2.75, 3.05) is 25.1 Å². The van der Waals surface area contributed by atoms with E-state index in [1.54, 1.807) is 31.3 Å². The number of esters is 1. The summed E-state index contributed by atoms with van der Waals surface area (Å²) < 4.78 is 38.6. The molecule has 32 heavy (non-hydrogen) atoms. The molecule has 1 saturated heterocycles. The minimum atomic E-state index is -3.97. The Bertz CT molecular complexity index is 1070. The van der Waals surface area contributed by atoms with E-state index in [-0.39, 0.29) is 28.1 Å². The van der Waals surface area contributed by atoms with Crippen molar-refractivity contribution in [1.82, 2.24) is 4.72 Å². The maximum atomic E-state index is 12.7. The van der Waals surface area contributed by atoms with E-state index in [2.05, 4.69) is 4.72 Å². The van der Waals surface area contributed by atoms with E-state index in [9.17, 15) is 18.0 Å². The molecule has 8 nitrogen and oxygen atoms in total. The number of carbonyl (C=O) groups is 2. The average Bonchev–Trinajstić information content (AvgIpc) is 3.31. The van der Waals surface area contributed by atoms with Crippen LogP contribution in [0.1, 0.15) is 30.1 Å². The first kappa shape index (κ1) is 24.2. The van der Waals surface area contributed by atoms with Gasteiger partial charge in [0.05, 0.1) is 16.7 Å². The number of rotatable bonds is 8. The van der Waals surface area contributed by atoms with Crippen LogP contribution in [0.4, 0.5) is 5.69 Å². The fourth-order valence-corrected chi connectivity index (χ4v) is 4.84. The van der Waals surface area contributed by atoms with E-state index in [1.807, 2.05) is 6.07 Å². The first-order valence-corrected chi connectivity index (χ1v) is 12.0. The summed E-state index contributed by atoms with van der Waals surface area (Å²) in [6.07, 6.45) is 0.378. The molecule has 2 aromatic rings. The molecule has 2 atom stereocenters. The minimum Gasteiger partial charge on any atom is -0.449 e. The number of carbonyl (C=O) groups excluding carboxylic acids is 2. The Balaban J connectivity index is 1.69. The van der Waals surface area contributed by atoms with Crippen molar-refractivity contribution >= 4 is 39.2 Å². The fourth-order valence-electron chi connectivity index (χ4n) is 3.25. The molecular formula is C22H25ClN2O6S. The van der Waals surface area contributed by atoms with Crippen LogP contribution in [0.3, 0.4) is 0 Å². The molecule has 1 heterocycles. The predicted molar refractivity (Wildman–Crippen MR) is 120 cm³/mol. The first-order chi connectivity index (χ1) is 15.2. The van der Waals surface area contributed by atoms with Crippen LogP contribution in [0, 0.1) is 0 Å². The second-order valence-corrected chi connectivity index (χ2v) is 9.56. The maximum absolute atomic E-state index is 12.7. The van der Waals surface area contributed by atoms with Crippen LogP contribution in [0.15, 0.2) is 53.4 Å². The molecule has 1 amide bonds. The highest BCUT2D eigenvalue weighted by Crippen LogP contribution is 2.24. The highest BCUT2D eigenvalue weighted by atomic mass is 35.5. The molecule has 1 aliphatic heterocycles. The molecule has 0 saturated carbocycles. The Hall–Kier alpha value is -2.46. The van der Waals surface area contributed by atoms with Crippen molar-refractivity contribution in [2.45, 2.75) is 36.9 Å². The van der Waals surface area contributed by atoms with Crippen molar-refractivity contribution in [3.63, 3.8) is 0 Å². The van der Waals surface area contributed by atoms with E-state index in [0.717, 1.165) is 18.9 Å². The van der Waals surface area contributed by atoms with Gasteiger partial charge in [0.25, 0.3) is 5.91 Å². The van der Waals surface area contributed by atoms with Gasteiger partial charge in [-0.1, -0.05) is 29.8 Å². The van der Waals surface area contributed by atoms with E-state index in [1.165, 1.54) is 24.0 Å². The highest BCUT2D eigenvalue weighted by molar-refractivity contribution is 7.89. The molecule has 0 unspecified atom stereocenters. The summed E-state index contributed by atoms with van der Waals surface area (Å²) in [4.78, 5) is 26.4. The summed E-state index contributed by atoms with van der Waals surface area (Å²) in [6, 6.07) is 12.7. The second kappa shape index (κ2) is 10.4. The molecule has 172 valence electrons. The molecule has 1 fully saturated rings. The van der Waals surface area contributed by atoms with Gasteiger partial charge in [0.2, 0.25) is 10.0 Å². The number of benzene rings is 2. The third-order valence-electron chi connectivity index (χ3n) is 5.09. The molecule has 0 aliphatic carbocycles. The van der Waals surface area contributed by atoms with Crippen molar-refractivity contribution in [3.05, 3.63) is 59.1 Å². The van der Waals surface area contributed by atoms with Gasteiger partial charge in [-0.05, 0) is 50.1 Å². The Labute approximate surface area is 192 Å². The molecule has 0 spiro atoms. The number of halogens is 1. The van der Waals surface area contributed by atoms with Crippen LogP contribution in [0.2, 0.25) is 5.02 Å². The number of likely N-dealkylation sites (N-methyl/N-ethyl adjacent to an activating group) is 1. The topological polar surface area (TPSA) is 102 Å². The van der Waals surface area contributed by atoms with E-state index in [0.29, 0.717) is 12.3 Å². The van der Waals surface area contributed by atoms with Crippen molar-refractivity contribution < 1.29 is 27.5 Å². The van der Waals surface area contributed by atoms with Gasteiger partial charge in [0, 0.05) is 25.9 Å². The van der Waals surface area contributed by atoms with E-state index < -0.39 is 28.0 Å². The maximum Gasteiger partial charge on any atom is 0.338 e. The van der Waals surface area contributed by atoms with Gasteiger partial charge < -0.3 is 14.4 Å². The van der Waals surface area contributed by atoms with Gasteiger partial charge in [-0.25, -0.2) is 17.9 Å². The SMILES string of the molecule is C[C@H](OC(=O)c1ccc(Cl)c(S(=O)(=O)NC[C@H]2CCCO2)c1)C(=O)N(C)c1ccccc1. The zero-order chi connectivity index (χ0) is 23.3. The summed E-state index contributed by atoms with van der Waals surface area (Å²) in [7, 11) is -2.40. The molecule has 0 aromatic heterocycles. The van der Waals surface area contributed by atoms with Crippen molar-refractivity contribution in [3.8, 4) is 0 Å². The molecular weight excluding hydrogens is 456 g/mol. The number of anilines is 1. The van der Waals surface area contributed by atoms with Crippen molar-refractivity contribution in [1.29, 1.82) is 0 Å². The van der Waals surface area contributed by atoms with Gasteiger partial charge in [-0.3, -0.25) is 4.79 Å². The quantitative estimate of drug-likeness (QED) is 0.583. The largest absolute Gasteiger partial charge is 0.449 e. The van der Waals surface area contributed by atoms with E-state index >= 15 is 0 Å². The third kappa shape index (κ3) is 5.86. The summed E-state index contributed by atoms with van der Waals surface area (Å²) in [6.45, 7) is 2.17. The smallest absolute Gasteiger partial charge is 0.338 e. The van der Waals surface area contributed by atoms with Crippen LogP contribution in [-0.4, -0.2) is 52.7 Å². The number of nitrogens with zero attached hydrogens (tertiary/aromatic N) is 1. The van der Waals surface area contributed by atoms with Crippen LogP contribution < -0.4 is 9.62 Å². The second-order valence-electron chi connectivity index (χ2n) is 7.41. The molecule has 3 rings (SSSR count). The third-order valence-corrected chi connectivity index (χ3v) is 6.99. The predicted octanol–water partition coefficient (Wildman–Crippen LogP) is 3.01. The molecule has 10 heteroatoms. The monoisotopic (exact) mass is 480 g/mol. The summed E-state index contributed by atoms with van der Waals surface area (Å²) in [5.74, 6) is -1.26. The van der Waals surface area contributed by atoms with E-state index in [4.69, 9.17) is 21.1 Å². The Morgan fingerprint density at radius 2 is 1.97 bits per heavy atom. The van der Waals surface area contributed by atoms with Gasteiger partial charge >= 0.3 is 5.97 Å². The Kier molecular flexibility index (Phi) is 7.89. The first-order valence-electron chi connectivity index (χ1n) is 10.1. The lowest BCUT2D eigenvalue weighted by atomic mass is 10.2. The summed E-state index contributed by atoms with van der Waals surface area (Å²) in [5.41, 5.74) is 0.617. The van der Waals surface area contributed by atoms with Gasteiger partial charge in [0.1, 0.15) is 4.90 Å². The summed E-state index contributed by atoms with van der Waals surface area (Å²) >= 11 is 6.08. The lowest BCUT2D eigenvalue weighted by Gasteiger charge is -2.21. The number of ether oxygens (including phenoxy) is 2. The molecule has 1 aliphatic rings. The summed E-state index contributed by atoms with van der Waals surface area (Å²) in [5, 5.41) is -0.0330. The van der Waals surface area contributed by atoms with Gasteiger partial charge in [-0.15, -0.1) is 0 Å². The molecule has 2 aromatic carbocycles. The van der Waals surface area contributed by atoms with Crippen LogP contribution in [0.5, 0.6) is 0 Å². The lowest BCUT2D eigenvalue weighted by molar-refractivity contribution is -0.126. The van der Waals surface area contributed by atoms with Crippen molar-refractivity contribution in [2.24, 2.45) is 0 Å². The number of sulfonamides is 1. The molecule has 1 N–H and O–H groups in total. The number of para-hydroxylation sites is 1. The Morgan fingerprint density at radius 3 is 2.62 bits per heavy atom. The van der Waals surface area contributed by atoms with Crippen LogP contribution in [0.25, 0.3) is 0 Å². The van der Waals surface area contributed by atoms with Gasteiger partial charge in [0.15, 0.2) is 6.10 Å². The normalized spacial score (nSPS) is 17.0. The molecule has 0 bridgehead atoms. The number of hydrogen-bond acceptors (Lipinski definition) is 6. The lowest BCUT2D eigenvalue weighted by Crippen LogP contribution is -2.37.